The van der Waals surface area contributed by atoms with Crippen LogP contribution in [0.25, 0.3) is 0 Å². The van der Waals surface area contributed by atoms with Crippen LogP contribution in [-0.2, 0) is 0 Å². The number of halogens is 1. The lowest BCUT2D eigenvalue weighted by Gasteiger charge is -1.94. The normalized spacial score (nSPS) is 8.77. The Bertz CT molecular complexity index is 354. The number of carbonyl (C=O) groups excluding carboxylic acids is 1. The van der Waals surface area contributed by atoms with Crippen LogP contribution in [0.3, 0.4) is 0 Å². The molecule has 0 saturated carbocycles. The Morgan fingerprint density at radius 1 is 1.38 bits per heavy atom. The van der Waals surface area contributed by atoms with Gasteiger partial charge in [-0.3, -0.25) is 4.79 Å². The minimum atomic E-state index is 0.0665. The average Bonchev–Trinajstić information content (AvgIpc) is 2.15. The van der Waals surface area contributed by atoms with Crippen LogP contribution in [0.4, 0.5) is 0 Å². The summed E-state index contributed by atoms with van der Waals surface area (Å²) in [6.45, 7) is 1.54. The van der Waals surface area contributed by atoms with Crippen molar-refractivity contribution in [3.63, 3.8) is 0 Å². The van der Waals surface area contributed by atoms with Gasteiger partial charge in [0, 0.05) is 11.1 Å². The molecule has 13 heavy (non-hydrogen) atoms. The van der Waals surface area contributed by atoms with E-state index in [4.69, 9.17) is 11.6 Å². The van der Waals surface area contributed by atoms with Gasteiger partial charge < -0.3 is 0 Å². The monoisotopic (exact) mass is 192 g/mol. The Morgan fingerprint density at radius 3 is 2.46 bits per heavy atom. The van der Waals surface area contributed by atoms with Crippen molar-refractivity contribution in [2.45, 2.75) is 6.92 Å². The number of hydrogen-bond donors (Lipinski definition) is 0. The van der Waals surface area contributed by atoms with Crippen LogP contribution in [-0.4, -0.2) is 11.7 Å². The van der Waals surface area contributed by atoms with E-state index in [0.717, 1.165) is 5.56 Å². The Kier molecular flexibility index (Phi) is 3.54. The number of alkyl halides is 1. The van der Waals surface area contributed by atoms with Crippen LogP contribution in [0.15, 0.2) is 24.3 Å². The van der Waals surface area contributed by atoms with Gasteiger partial charge in [0.1, 0.15) is 0 Å². The van der Waals surface area contributed by atoms with Crippen molar-refractivity contribution in [2.75, 3.05) is 5.88 Å². The minimum Gasteiger partial charge on any atom is -0.295 e. The molecule has 0 amide bonds. The predicted octanol–water partition coefficient (Wildman–Crippen LogP) is 2.48. The smallest absolute Gasteiger partial charge is 0.159 e. The molecule has 0 heterocycles. The van der Waals surface area contributed by atoms with E-state index in [1.807, 2.05) is 12.1 Å². The highest BCUT2D eigenvalue weighted by Gasteiger charge is 1.96. The van der Waals surface area contributed by atoms with Gasteiger partial charge in [0.15, 0.2) is 5.78 Å². The van der Waals surface area contributed by atoms with Gasteiger partial charge in [-0.05, 0) is 19.1 Å². The molecule has 0 aliphatic carbocycles. The SMILES string of the molecule is CC(=O)c1ccc(C#CCCl)cc1. The van der Waals surface area contributed by atoms with Crippen LogP contribution < -0.4 is 0 Å². The number of ketones is 1. The van der Waals surface area contributed by atoms with E-state index in [1.54, 1.807) is 19.1 Å². The largest absolute Gasteiger partial charge is 0.295 e. The highest BCUT2D eigenvalue weighted by molar-refractivity contribution is 6.19. The lowest BCUT2D eigenvalue weighted by Crippen LogP contribution is -1.90. The van der Waals surface area contributed by atoms with Crippen LogP contribution in [0.1, 0.15) is 22.8 Å². The van der Waals surface area contributed by atoms with E-state index in [2.05, 4.69) is 11.8 Å². The maximum Gasteiger partial charge on any atom is 0.159 e. The zero-order valence-corrected chi connectivity index (χ0v) is 8.06. The van der Waals surface area contributed by atoms with Gasteiger partial charge in [-0.25, -0.2) is 0 Å². The van der Waals surface area contributed by atoms with Gasteiger partial charge in [0.25, 0.3) is 0 Å². The Balaban J connectivity index is 2.87. The maximum atomic E-state index is 10.9. The van der Waals surface area contributed by atoms with Crippen molar-refractivity contribution >= 4 is 17.4 Å². The summed E-state index contributed by atoms with van der Waals surface area (Å²) >= 11 is 5.41. The molecule has 0 bridgehead atoms. The van der Waals surface area contributed by atoms with Gasteiger partial charge >= 0.3 is 0 Å². The third kappa shape index (κ3) is 2.93. The summed E-state index contributed by atoms with van der Waals surface area (Å²) < 4.78 is 0. The number of hydrogen-bond acceptors (Lipinski definition) is 1. The maximum absolute atomic E-state index is 10.9. The van der Waals surface area contributed by atoms with E-state index in [-0.39, 0.29) is 5.78 Å². The van der Waals surface area contributed by atoms with Crippen molar-refractivity contribution in [2.24, 2.45) is 0 Å². The summed E-state index contributed by atoms with van der Waals surface area (Å²) in [5.74, 6) is 6.01. The Hall–Kier alpha value is -1.26. The van der Waals surface area contributed by atoms with E-state index in [9.17, 15) is 4.79 Å². The molecule has 0 N–H and O–H groups in total. The summed E-state index contributed by atoms with van der Waals surface area (Å²) in [6, 6.07) is 7.16. The Labute approximate surface area is 82.7 Å². The molecule has 0 aromatic heterocycles. The van der Waals surface area contributed by atoms with Crippen LogP contribution in [0, 0.1) is 11.8 Å². The average molecular weight is 193 g/mol. The highest BCUT2D eigenvalue weighted by atomic mass is 35.5. The van der Waals surface area contributed by atoms with Crippen molar-refractivity contribution < 1.29 is 4.79 Å². The molecule has 66 valence electrons. The van der Waals surface area contributed by atoms with E-state index in [1.165, 1.54) is 0 Å². The van der Waals surface area contributed by atoms with Crippen LogP contribution in [0.5, 0.6) is 0 Å². The topological polar surface area (TPSA) is 17.1 Å². The van der Waals surface area contributed by atoms with Crippen molar-refractivity contribution in [3.05, 3.63) is 35.4 Å². The first-order valence-corrected chi connectivity index (χ1v) is 4.43. The van der Waals surface area contributed by atoms with E-state index < -0.39 is 0 Å². The molecule has 0 aliphatic rings. The summed E-state index contributed by atoms with van der Waals surface area (Å²) in [7, 11) is 0. The summed E-state index contributed by atoms with van der Waals surface area (Å²) in [5, 5.41) is 0. The predicted molar refractivity (Wildman–Crippen MR) is 54.0 cm³/mol. The summed E-state index contributed by atoms with van der Waals surface area (Å²) in [5.41, 5.74) is 1.59. The fourth-order valence-corrected chi connectivity index (χ4v) is 0.991. The minimum absolute atomic E-state index is 0.0665. The molecule has 0 aliphatic heterocycles. The fourth-order valence-electron chi connectivity index (χ4n) is 0.924. The number of rotatable bonds is 1. The summed E-state index contributed by atoms with van der Waals surface area (Å²) in [4.78, 5) is 10.9. The van der Waals surface area contributed by atoms with Crippen LogP contribution >= 0.6 is 11.6 Å². The fraction of sp³-hybridized carbons (Fsp3) is 0.182. The molecule has 0 unspecified atom stereocenters. The van der Waals surface area contributed by atoms with E-state index >= 15 is 0 Å². The second-order valence-corrected chi connectivity index (χ2v) is 2.84. The van der Waals surface area contributed by atoms with Crippen molar-refractivity contribution in [3.8, 4) is 11.8 Å². The van der Waals surface area contributed by atoms with Gasteiger partial charge in [0.05, 0.1) is 5.88 Å². The number of carbonyl (C=O) groups is 1. The molecule has 2 heteroatoms. The van der Waals surface area contributed by atoms with Gasteiger partial charge in [0.2, 0.25) is 0 Å². The molecule has 0 radical (unpaired) electrons. The standard InChI is InChI=1S/C11H9ClO/c1-9(13)11-6-4-10(5-7-11)3-2-8-12/h4-7H,8H2,1H3. The molecule has 0 spiro atoms. The molecular weight excluding hydrogens is 184 g/mol. The van der Waals surface area contributed by atoms with Crippen molar-refractivity contribution in [1.29, 1.82) is 0 Å². The number of benzene rings is 1. The first-order chi connectivity index (χ1) is 6.24. The number of Topliss-reactive ketones (excluding diaryl/α,β-unsaturated/α-hetero) is 1. The molecule has 0 atom stereocenters. The van der Waals surface area contributed by atoms with Gasteiger partial charge in [-0.15, -0.1) is 11.6 Å². The lowest BCUT2D eigenvalue weighted by atomic mass is 10.1. The van der Waals surface area contributed by atoms with E-state index in [0.29, 0.717) is 11.4 Å². The zero-order valence-electron chi connectivity index (χ0n) is 7.30. The first-order valence-electron chi connectivity index (χ1n) is 3.90. The molecular formula is C11H9ClO. The molecule has 1 rings (SSSR count). The molecule has 1 aromatic rings. The summed E-state index contributed by atoms with van der Waals surface area (Å²) in [6.07, 6.45) is 0. The molecule has 1 aromatic carbocycles. The zero-order chi connectivity index (χ0) is 9.68. The third-order valence-corrected chi connectivity index (χ3v) is 1.72. The second-order valence-electron chi connectivity index (χ2n) is 2.57. The Morgan fingerprint density at radius 2 is 2.00 bits per heavy atom. The highest BCUT2D eigenvalue weighted by Crippen LogP contribution is 2.03. The second kappa shape index (κ2) is 4.69. The first kappa shape index (κ1) is 9.83. The van der Waals surface area contributed by atoms with Gasteiger partial charge in [-0.1, -0.05) is 24.0 Å². The van der Waals surface area contributed by atoms with Gasteiger partial charge in [-0.2, -0.15) is 0 Å². The molecule has 0 fully saturated rings. The lowest BCUT2D eigenvalue weighted by molar-refractivity contribution is 0.101. The van der Waals surface area contributed by atoms with Crippen molar-refractivity contribution in [1.82, 2.24) is 0 Å². The molecule has 0 saturated heterocycles. The third-order valence-electron chi connectivity index (χ3n) is 1.59. The quantitative estimate of drug-likeness (QED) is 0.380. The van der Waals surface area contributed by atoms with Crippen LogP contribution in [0.2, 0.25) is 0 Å². The molecule has 1 nitrogen and oxygen atoms in total.